The fourth-order valence-corrected chi connectivity index (χ4v) is 3.51. The lowest BCUT2D eigenvalue weighted by atomic mass is 10.0. The third kappa shape index (κ3) is 4.63. The third-order valence-electron chi connectivity index (χ3n) is 4.88. The van der Waals surface area contributed by atoms with Crippen LogP contribution in [0, 0.1) is 5.41 Å². The summed E-state index contributed by atoms with van der Waals surface area (Å²) in [5, 5.41) is 15.6. The number of nitrogens with one attached hydrogen (secondary N) is 4. The second-order valence-electron chi connectivity index (χ2n) is 7.69. The number of benzene rings is 2. The Balaban J connectivity index is 1.66. The number of hydrogen-bond acceptors (Lipinski definition) is 5. The molecule has 0 aliphatic heterocycles. The van der Waals surface area contributed by atoms with Crippen LogP contribution in [0.1, 0.15) is 41.0 Å². The van der Waals surface area contributed by atoms with E-state index in [0.717, 1.165) is 11.3 Å². The molecule has 0 saturated heterocycles. The minimum atomic E-state index is -0.235. The molecule has 32 heavy (non-hydrogen) atoms. The van der Waals surface area contributed by atoms with Crippen LogP contribution in [0.5, 0.6) is 0 Å². The number of amides is 1. The lowest BCUT2D eigenvalue weighted by molar-refractivity contribution is 0.0944. The molecular formula is C24H23ClN6O. The molecule has 4 rings (SSSR count). The van der Waals surface area contributed by atoms with Crippen molar-refractivity contribution in [1.82, 2.24) is 20.3 Å². The van der Waals surface area contributed by atoms with E-state index in [-0.39, 0.29) is 17.7 Å². The molecule has 2 aromatic heterocycles. The molecule has 2 heterocycles. The second-order valence-corrected chi connectivity index (χ2v) is 8.12. The van der Waals surface area contributed by atoms with Gasteiger partial charge in [0.2, 0.25) is 0 Å². The maximum Gasteiger partial charge on any atom is 0.255 e. The van der Waals surface area contributed by atoms with E-state index in [1.54, 1.807) is 24.4 Å². The van der Waals surface area contributed by atoms with Gasteiger partial charge in [-0.25, -0.2) is 9.97 Å². The number of hydrogen-bond donors (Lipinski definition) is 4. The molecule has 8 heteroatoms. The first kappa shape index (κ1) is 21.5. The molecule has 0 radical (unpaired) electrons. The number of aromatic nitrogens is 3. The van der Waals surface area contributed by atoms with Gasteiger partial charge in [-0.1, -0.05) is 41.9 Å². The first-order chi connectivity index (χ1) is 15.4. The second kappa shape index (κ2) is 9.20. The topological polar surface area (TPSA) is 107 Å². The van der Waals surface area contributed by atoms with Crippen molar-refractivity contribution in [3.05, 3.63) is 88.3 Å². The fourth-order valence-electron chi connectivity index (χ4n) is 3.34. The summed E-state index contributed by atoms with van der Waals surface area (Å²) >= 11 is 6.22. The number of carbonyl (C=O) groups excluding carboxylic acids is 1. The number of rotatable bonds is 7. The van der Waals surface area contributed by atoms with E-state index in [4.69, 9.17) is 17.0 Å². The molecule has 2 aromatic carbocycles. The average Bonchev–Trinajstić information content (AvgIpc) is 3.21. The molecule has 162 valence electrons. The maximum atomic E-state index is 12.5. The van der Waals surface area contributed by atoms with Gasteiger partial charge < -0.3 is 15.6 Å². The highest BCUT2D eigenvalue weighted by atomic mass is 35.5. The number of halogens is 1. The Labute approximate surface area is 190 Å². The van der Waals surface area contributed by atoms with Crippen LogP contribution >= 0.6 is 11.6 Å². The molecule has 4 N–H and O–H groups in total. The van der Waals surface area contributed by atoms with Crippen LogP contribution in [0.25, 0.3) is 11.2 Å². The van der Waals surface area contributed by atoms with Crippen LogP contribution in [0.4, 0.5) is 5.69 Å². The average molecular weight is 447 g/mol. The zero-order valence-electron chi connectivity index (χ0n) is 17.7. The smallest absolute Gasteiger partial charge is 0.255 e. The quantitative estimate of drug-likeness (QED) is 0.306. The molecule has 0 spiro atoms. The molecular weight excluding hydrogens is 424 g/mol. The largest absolute Gasteiger partial charge is 0.380 e. The molecule has 0 saturated carbocycles. The molecule has 1 amide bonds. The lowest BCUT2D eigenvalue weighted by Gasteiger charge is -2.14. The van der Waals surface area contributed by atoms with Crippen LogP contribution in [-0.2, 0) is 6.54 Å². The van der Waals surface area contributed by atoms with E-state index in [2.05, 4.69) is 25.6 Å². The lowest BCUT2D eigenvalue weighted by Crippen LogP contribution is -2.30. The molecule has 0 fully saturated rings. The highest BCUT2D eigenvalue weighted by molar-refractivity contribution is 6.31. The van der Waals surface area contributed by atoms with Crippen LogP contribution in [0.3, 0.4) is 0 Å². The monoisotopic (exact) mass is 446 g/mol. The Morgan fingerprint density at radius 2 is 1.94 bits per heavy atom. The molecule has 7 nitrogen and oxygen atoms in total. The predicted molar refractivity (Wildman–Crippen MR) is 128 cm³/mol. The van der Waals surface area contributed by atoms with Gasteiger partial charge in [0.05, 0.1) is 17.5 Å². The van der Waals surface area contributed by atoms with Gasteiger partial charge in [0, 0.05) is 35.1 Å². The standard InChI is InChI=1S/C24H23ClN6O/c1-14(2)30-24(32)18-12-28-23-22(18)31-20(13-29-23)21(26)17-9-8-16(25)10-19(17)27-11-15-6-4-3-5-7-15/h3-10,12-14,26-27H,11H2,1-2H3,(H,28,29)(H,30,32). The number of carbonyl (C=O) groups is 1. The van der Waals surface area contributed by atoms with Crippen molar-refractivity contribution in [2.24, 2.45) is 0 Å². The highest BCUT2D eigenvalue weighted by Crippen LogP contribution is 2.25. The van der Waals surface area contributed by atoms with Gasteiger partial charge in [0.15, 0.2) is 5.65 Å². The van der Waals surface area contributed by atoms with E-state index in [1.807, 2.05) is 44.2 Å². The molecule has 4 aromatic rings. The van der Waals surface area contributed by atoms with E-state index in [1.165, 1.54) is 6.20 Å². The normalized spacial score (nSPS) is 11.0. The van der Waals surface area contributed by atoms with Gasteiger partial charge in [-0.15, -0.1) is 0 Å². The highest BCUT2D eigenvalue weighted by Gasteiger charge is 2.18. The van der Waals surface area contributed by atoms with E-state index < -0.39 is 0 Å². The first-order valence-corrected chi connectivity index (χ1v) is 10.6. The summed E-state index contributed by atoms with van der Waals surface area (Å²) in [5.74, 6) is -0.235. The fraction of sp³-hybridized carbons (Fsp3) is 0.167. The molecule has 0 aliphatic rings. The summed E-state index contributed by atoms with van der Waals surface area (Å²) < 4.78 is 0. The Morgan fingerprint density at radius 3 is 2.69 bits per heavy atom. The maximum absolute atomic E-state index is 12.5. The molecule has 0 aliphatic carbocycles. The van der Waals surface area contributed by atoms with Crippen molar-refractivity contribution >= 4 is 40.1 Å². The summed E-state index contributed by atoms with van der Waals surface area (Å²) in [4.78, 5) is 24.4. The summed E-state index contributed by atoms with van der Waals surface area (Å²) in [6, 6.07) is 15.3. The number of nitrogens with zero attached hydrogens (tertiary/aromatic N) is 2. The number of H-pyrrole nitrogens is 1. The number of fused-ring (bicyclic) bond motifs is 1. The minimum Gasteiger partial charge on any atom is -0.380 e. The zero-order chi connectivity index (χ0) is 22.7. The summed E-state index contributed by atoms with van der Waals surface area (Å²) in [6.07, 6.45) is 3.12. The SMILES string of the molecule is CC(C)NC(=O)c1c[nH]c2ncc(C(=N)c3ccc(Cl)cc3NCc3ccccc3)nc12. The Hall–Kier alpha value is -3.71. The van der Waals surface area contributed by atoms with Crippen LogP contribution in [0.15, 0.2) is 60.9 Å². The first-order valence-electron chi connectivity index (χ1n) is 10.2. The van der Waals surface area contributed by atoms with Crippen molar-refractivity contribution in [3.63, 3.8) is 0 Å². The van der Waals surface area contributed by atoms with Crippen LogP contribution in [-0.4, -0.2) is 32.6 Å². The third-order valence-corrected chi connectivity index (χ3v) is 5.11. The van der Waals surface area contributed by atoms with E-state index in [9.17, 15) is 4.79 Å². The van der Waals surface area contributed by atoms with Crippen molar-refractivity contribution in [2.75, 3.05) is 5.32 Å². The van der Waals surface area contributed by atoms with E-state index in [0.29, 0.717) is 39.6 Å². The molecule has 0 atom stereocenters. The van der Waals surface area contributed by atoms with Gasteiger partial charge in [-0.05, 0) is 37.6 Å². The van der Waals surface area contributed by atoms with Gasteiger partial charge >= 0.3 is 0 Å². The van der Waals surface area contributed by atoms with Gasteiger partial charge in [0.1, 0.15) is 11.2 Å². The van der Waals surface area contributed by atoms with Crippen LogP contribution < -0.4 is 10.6 Å². The predicted octanol–water partition coefficient (Wildman–Crippen LogP) is 4.78. The summed E-state index contributed by atoms with van der Waals surface area (Å²) in [6.45, 7) is 4.37. The van der Waals surface area contributed by atoms with E-state index >= 15 is 0 Å². The Kier molecular flexibility index (Phi) is 6.18. The molecule has 0 bridgehead atoms. The van der Waals surface area contributed by atoms with Crippen molar-refractivity contribution in [3.8, 4) is 0 Å². The van der Waals surface area contributed by atoms with Crippen molar-refractivity contribution < 1.29 is 4.79 Å². The minimum absolute atomic E-state index is 0.00537. The summed E-state index contributed by atoms with van der Waals surface area (Å²) in [7, 11) is 0. The van der Waals surface area contributed by atoms with Gasteiger partial charge in [-0.2, -0.15) is 0 Å². The Bertz CT molecular complexity index is 1280. The molecule has 0 unspecified atom stereocenters. The number of aromatic amines is 1. The Morgan fingerprint density at radius 1 is 1.16 bits per heavy atom. The van der Waals surface area contributed by atoms with Gasteiger partial charge in [0.25, 0.3) is 5.91 Å². The zero-order valence-corrected chi connectivity index (χ0v) is 18.5. The van der Waals surface area contributed by atoms with Crippen molar-refractivity contribution in [1.29, 1.82) is 5.41 Å². The van der Waals surface area contributed by atoms with Crippen LogP contribution in [0.2, 0.25) is 5.02 Å². The van der Waals surface area contributed by atoms with Gasteiger partial charge in [-0.3, -0.25) is 10.2 Å². The summed E-state index contributed by atoms with van der Waals surface area (Å²) in [5.41, 5.74) is 4.34. The number of anilines is 1. The van der Waals surface area contributed by atoms with Crippen molar-refractivity contribution in [2.45, 2.75) is 26.4 Å².